The van der Waals surface area contributed by atoms with E-state index >= 15 is 0 Å². The molecule has 4 nitrogen and oxygen atoms in total. The molecule has 1 aliphatic heterocycles. The molecule has 1 amide bonds. The minimum Gasteiger partial charge on any atom is -0.285 e. The van der Waals surface area contributed by atoms with Crippen molar-refractivity contribution in [2.45, 2.75) is 63.5 Å². The standard InChI is InChI=1S/C18H22BrClN2O2/c1-4-13-9-12(3)10-14(19)15(13)18(20)16(23)21-17(22(18)24)7-5-11(2)6-8-17/h9-11H,4-8H2,1-3H3/p+1. The van der Waals surface area contributed by atoms with Gasteiger partial charge in [0.1, 0.15) is 0 Å². The zero-order valence-electron chi connectivity index (χ0n) is 14.3. The van der Waals surface area contributed by atoms with Gasteiger partial charge in [-0.1, -0.05) is 35.8 Å². The first-order valence-electron chi connectivity index (χ1n) is 8.53. The summed E-state index contributed by atoms with van der Waals surface area (Å²) >= 11 is 10.3. The summed E-state index contributed by atoms with van der Waals surface area (Å²) in [5, 5.41) is 2.94. The molecule has 1 aromatic rings. The van der Waals surface area contributed by atoms with Crippen molar-refractivity contribution in [3.8, 4) is 0 Å². The predicted octanol–water partition coefficient (Wildman–Crippen LogP) is 4.53. The van der Waals surface area contributed by atoms with Gasteiger partial charge in [0.2, 0.25) is 0 Å². The van der Waals surface area contributed by atoms with Gasteiger partial charge in [0.05, 0.1) is 10.3 Å². The normalized spacial score (nSPS) is 33.1. The van der Waals surface area contributed by atoms with Crippen LogP contribution in [0.2, 0.25) is 0 Å². The van der Waals surface area contributed by atoms with Crippen molar-refractivity contribution >= 4 is 33.4 Å². The Labute approximate surface area is 156 Å². The van der Waals surface area contributed by atoms with Crippen molar-refractivity contribution in [3.05, 3.63) is 38.2 Å². The van der Waals surface area contributed by atoms with Crippen LogP contribution in [0.3, 0.4) is 0 Å². The summed E-state index contributed by atoms with van der Waals surface area (Å²) in [6.07, 6.45) is 3.82. The van der Waals surface area contributed by atoms with E-state index in [2.05, 4.69) is 28.2 Å². The third-order valence-corrected chi connectivity index (χ3v) is 6.59. The van der Waals surface area contributed by atoms with E-state index in [1.165, 1.54) is 0 Å². The number of alkyl halides is 1. The molecule has 2 aliphatic rings. The van der Waals surface area contributed by atoms with Crippen LogP contribution in [0.4, 0.5) is 0 Å². The molecule has 1 saturated carbocycles. The van der Waals surface area contributed by atoms with Crippen molar-refractivity contribution in [3.63, 3.8) is 0 Å². The predicted molar refractivity (Wildman–Crippen MR) is 97.9 cm³/mol. The minimum atomic E-state index is -1.71. The van der Waals surface area contributed by atoms with Crippen molar-refractivity contribution < 1.29 is 9.55 Å². The molecule has 1 aromatic carbocycles. The largest absolute Gasteiger partial charge is 0.391 e. The lowest BCUT2D eigenvalue weighted by Gasteiger charge is -2.29. The zero-order valence-corrected chi connectivity index (χ0v) is 16.6. The third kappa shape index (κ3) is 2.51. The Hall–Kier alpha value is -0.940. The number of nitrogens with zero attached hydrogens (tertiary/aromatic N) is 1. The van der Waals surface area contributed by atoms with Crippen LogP contribution < -0.4 is 5.32 Å². The average Bonchev–Trinajstić information content (AvgIpc) is 2.71. The Balaban J connectivity index is 2.11. The van der Waals surface area contributed by atoms with E-state index in [4.69, 9.17) is 11.6 Å². The molecule has 3 rings (SSSR count). The van der Waals surface area contributed by atoms with Crippen molar-refractivity contribution in [2.24, 2.45) is 5.92 Å². The SMILES string of the molecule is CCc1cc(C)cc(Br)c1C1(Cl)C(=O)NC2(CCC(C)CC2)[N+]1=O. The van der Waals surface area contributed by atoms with Crippen LogP contribution in [0, 0.1) is 17.7 Å². The molecule has 2 fully saturated rings. The summed E-state index contributed by atoms with van der Waals surface area (Å²) in [6.45, 7) is 6.17. The van der Waals surface area contributed by atoms with Gasteiger partial charge in [0.25, 0.3) is 5.66 Å². The summed E-state index contributed by atoms with van der Waals surface area (Å²) in [5.74, 6) is 0.163. The van der Waals surface area contributed by atoms with Gasteiger partial charge in [-0.15, -0.1) is 0 Å². The van der Waals surface area contributed by atoms with E-state index in [9.17, 15) is 9.70 Å². The number of carbonyl (C=O) groups is 1. The van der Waals surface area contributed by atoms with E-state index < -0.39 is 16.6 Å². The van der Waals surface area contributed by atoms with Crippen LogP contribution in [-0.4, -0.2) is 16.3 Å². The molecule has 1 atom stereocenters. The van der Waals surface area contributed by atoms with Crippen LogP contribution in [0.15, 0.2) is 16.6 Å². The Morgan fingerprint density at radius 2 is 2.00 bits per heavy atom. The second-order valence-corrected chi connectivity index (χ2v) is 8.62. The fourth-order valence-corrected chi connectivity index (χ4v) is 5.43. The fourth-order valence-electron chi connectivity index (χ4n) is 3.98. The zero-order chi connectivity index (χ0) is 17.7. The molecule has 0 aromatic heterocycles. The lowest BCUT2D eigenvalue weighted by atomic mass is 9.83. The number of nitrogens with one attached hydrogen (secondary N) is 1. The number of rotatable bonds is 2. The van der Waals surface area contributed by atoms with E-state index in [0.717, 1.165) is 28.7 Å². The molecule has 130 valence electrons. The van der Waals surface area contributed by atoms with Crippen molar-refractivity contribution in [1.82, 2.24) is 5.32 Å². The average molecular weight is 415 g/mol. The summed E-state index contributed by atoms with van der Waals surface area (Å²) in [5.41, 5.74) is 1.70. The number of nitroso groups, excluding NO2 is 1. The van der Waals surface area contributed by atoms with Gasteiger partial charge in [0.15, 0.2) is 0 Å². The van der Waals surface area contributed by atoms with Crippen LogP contribution in [0.25, 0.3) is 0 Å². The van der Waals surface area contributed by atoms with Crippen LogP contribution in [-0.2, 0) is 16.2 Å². The molecule has 1 heterocycles. The maximum absolute atomic E-state index is 13.3. The highest BCUT2D eigenvalue weighted by atomic mass is 79.9. The van der Waals surface area contributed by atoms with Crippen LogP contribution in [0.1, 0.15) is 56.2 Å². The first-order chi connectivity index (χ1) is 11.2. The van der Waals surface area contributed by atoms with Gasteiger partial charge in [-0.05, 0) is 60.9 Å². The first-order valence-corrected chi connectivity index (χ1v) is 9.70. The Bertz CT molecular complexity index is 713. The van der Waals surface area contributed by atoms with Gasteiger partial charge < -0.3 is 0 Å². The summed E-state index contributed by atoms with van der Waals surface area (Å²) in [4.78, 5) is 24.5. The molecular weight excluding hydrogens is 392 g/mol. The Morgan fingerprint density at radius 1 is 1.38 bits per heavy atom. The molecule has 1 saturated heterocycles. The first kappa shape index (κ1) is 17.9. The molecule has 6 heteroatoms. The summed E-state index contributed by atoms with van der Waals surface area (Å²) < 4.78 is 1.55. The van der Waals surface area contributed by atoms with Crippen molar-refractivity contribution in [1.29, 1.82) is 0 Å². The molecular formula is C18H23BrClN2O2+. The number of amides is 1. The van der Waals surface area contributed by atoms with Crippen molar-refractivity contribution in [2.75, 3.05) is 0 Å². The number of aryl methyl sites for hydroxylation is 2. The topological polar surface area (TPSA) is 49.2 Å². The smallest absolute Gasteiger partial charge is 0.285 e. The lowest BCUT2D eigenvalue weighted by Crippen LogP contribution is -2.50. The van der Waals surface area contributed by atoms with Gasteiger partial charge >= 0.3 is 10.9 Å². The van der Waals surface area contributed by atoms with E-state index in [0.29, 0.717) is 35.2 Å². The van der Waals surface area contributed by atoms with Crippen LogP contribution in [0.5, 0.6) is 0 Å². The monoisotopic (exact) mass is 413 g/mol. The molecule has 0 radical (unpaired) electrons. The highest BCUT2D eigenvalue weighted by Gasteiger charge is 2.71. The quantitative estimate of drug-likeness (QED) is 0.439. The Kier molecular flexibility index (Phi) is 4.54. The second kappa shape index (κ2) is 6.10. The van der Waals surface area contributed by atoms with E-state index in [1.54, 1.807) is 0 Å². The van der Waals surface area contributed by atoms with E-state index in [1.807, 2.05) is 26.0 Å². The van der Waals surface area contributed by atoms with Gasteiger partial charge in [-0.3, -0.25) is 10.1 Å². The highest BCUT2D eigenvalue weighted by molar-refractivity contribution is 9.10. The van der Waals surface area contributed by atoms with Gasteiger partial charge in [-0.2, -0.15) is 0 Å². The van der Waals surface area contributed by atoms with Gasteiger partial charge in [-0.25, -0.2) is 0 Å². The molecule has 1 N–H and O–H groups in total. The highest BCUT2D eigenvalue weighted by Crippen LogP contribution is 2.48. The molecule has 0 bridgehead atoms. The van der Waals surface area contributed by atoms with E-state index in [-0.39, 0.29) is 0 Å². The number of hydrogen-bond donors (Lipinski definition) is 1. The number of benzene rings is 1. The molecule has 1 unspecified atom stereocenters. The third-order valence-electron chi connectivity index (χ3n) is 5.45. The number of hydrogen-bond acceptors (Lipinski definition) is 2. The molecule has 1 aliphatic carbocycles. The van der Waals surface area contributed by atoms with Gasteiger partial charge in [0, 0.05) is 22.2 Å². The van der Waals surface area contributed by atoms with Crippen LogP contribution >= 0.6 is 27.5 Å². The second-order valence-electron chi connectivity index (χ2n) is 7.22. The Morgan fingerprint density at radius 3 is 2.58 bits per heavy atom. The maximum atomic E-state index is 13.3. The maximum Gasteiger partial charge on any atom is 0.391 e. The minimum absolute atomic E-state index is 0.409. The summed E-state index contributed by atoms with van der Waals surface area (Å²) in [6, 6.07) is 3.91. The molecule has 24 heavy (non-hydrogen) atoms. The summed E-state index contributed by atoms with van der Waals surface area (Å²) in [7, 11) is 0. The fraction of sp³-hybridized carbons (Fsp3) is 0.611. The number of halogens is 2. The molecule has 1 spiro atoms. The number of carbonyl (C=O) groups excluding carboxylic acids is 1. The lowest BCUT2D eigenvalue weighted by molar-refractivity contribution is -0.660.